The van der Waals surface area contributed by atoms with Gasteiger partial charge >= 0.3 is 0 Å². The van der Waals surface area contributed by atoms with Crippen molar-refractivity contribution >= 4 is 33.5 Å². The van der Waals surface area contributed by atoms with Crippen LogP contribution >= 0.6 is 15.9 Å². The topological polar surface area (TPSA) is 79.8 Å². The number of hydrazone groups is 1. The van der Waals surface area contributed by atoms with Gasteiger partial charge in [-0.05, 0) is 54.4 Å². The number of aryl methyl sites for hydroxylation is 1. The van der Waals surface area contributed by atoms with Crippen LogP contribution in [-0.4, -0.2) is 30.7 Å². The maximum Gasteiger partial charge on any atom is 0.277 e. The first-order valence-electron chi connectivity index (χ1n) is 6.90. The molecule has 0 saturated heterocycles. The summed E-state index contributed by atoms with van der Waals surface area (Å²) < 4.78 is 6.19. The molecule has 1 aromatic carbocycles. The molecule has 0 aliphatic carbocycles. The molecule has 0 atom stereocenters. The molecule has 0 radical (unpaired) electrons. The number of hydrogen-bond donors (Lipinski definition) is 2. The molecule has 1 aromatic rings. The van der Waals surface area contributed by atoms with E-state index in [0.29, 0.717) is 18.0 Å². The molecule has 0 fully saturated rings. The molecule has 0 heterocycles. The lowest BCUT2D eigenvalue weighted by Gasteiger charge is -2.08. The van der Waals surface area contributed by atoms with Gasteiger partial charge in [0.25, 0.3) is 5.91 Å². The number of amides is 2. The predicted molar refractivity (Wildman–Crippen MR) is 88.9 cm³/mol. The number of nitrogens with one attached hydrogen (secondary N) is 2. The standard InChI is InChI=1S/C15H20BrN3O3/c1-4-17-14(20)8-11(3)18-19-15(21)9-22-13-6-5-10(2)7-12(13)16/h5-7H,4,8-9H2,1-3H3,(H,17,20)(H,19,21)/b18-11-. The summed E-state index contributed by atoms with van der Waals surface area (Å²) in [5.41, 5.74) is 3.98. The molecule has 0 aromatic heterocycles. The van der Waals surface area contributed by atoms with Gasteiger partial charge < -0.3 is 10.1 Å². The fourth-order valence-corrected chi connectivity index (χ4v) is 2.20. The van der Waals surface area contributed by atoms with Crippen molar-refractivity contribution in [1.29, 1.82) is 0 Å². The Bertz CT molecular complexity index is 573. The second kappa shape index (κ2) is 9.19. The second-order valence-corrected chi connectivity index (χ2v) is 5.59. The fourth-order valence-electron chi connectivity index (χ4n) is 1.59. The molecule has 0 saturated carbocycles. The van der Waals surface area contributed by atoms with E-state index in [1.165, 1.54) is 0 Å². The first-order valence-corrected chi connectivity index (χ1v) is 7.69. The summed E-state index contributed by atoms with van der Waals surface area (Å²) in [4.78, 5) is 23.0. The van der Waals surface area contributed by atoms with Gasteiger partial charge in [-0.3, -0.25) is 9.59 Å². The number of halogens is 1. The van der Waals surface area contributed by atoms with E-state index in [1.807, 2.05) is 26.0 Å². The third-order valence-corrected chi connectivity index (χ3v) is 3.23. The Balaban J connectivity index is 2.41. The molecule has 120 valence electrons. The summed E-state index contributed by atoms with van der Waals surface area (Å²) in [5, 5.41) is 6.52. The SMILES string of the molecule is CCNC(=O)C/C(C)=N\NC(=O)COc1ccc(C)cc1Br. The van der Waals surface area contributed by atoms with Crippen LogP contribution in [0.1, 0.15) is 25.8 Å². The second-order valence-electron chi connectivity index (χ2n) is 4.73. The Labute approximate surface area is 138 Å². The number of benzene rings is 1. The Kier molecular flexibility index (Phi) is 7.59. The zero-order valence-corrected chi connectivity index (χ0v) is 14.5. The van der Waals surface area contributed by atoms with Gasteiger partial charge in [-0.2, -0.15) is 5.10 Å². The molecule has 6 nitrogen and oxygen atoms in total. The van der Waals surface area contributed by atoms with Crippen LogP contribution in [-0.2, 0) is 9.59 Å². The van der Waals surface area contributed by atoms with Crippen LogP contribution in [0.25, 0.3) is 0 Å². The average molecular weight is 370 g/mol. The molecule has 0 bridgehead atoms. The number of rotatable bonds is 7. The lowest BCUT2D eigenvalue weighted by Crippen LogP contribution is -2.28. The van der Waals surface area contributed by atoms with E-state index < -0.39 is 0 Å². The number of carbonyl (C=O) groups is 2. The highest BCUT2D eigenvalue weighted by atomic mass is 79.9. The largest absolute Gasteiger partial charge is 0.483 e. The van der Waals surface area contributed by atoms with E-state index >= 15 is 0 Å². The molecule has 2 amide bonds. The first kappa shape index (κ1) is 18.2. The minimum absolute atomic E-state index is 0.127. The van der Waals surface area contributed by atoms with Gasteiger partial charge in [-0.25, -0.2) is 5.43 Å². The molecule has 0 spiro atoms. The number of hydrogen-bond acceptors (Lipinski definition) is 4. The van der Waals surface area contributed by atoms with Crippen molar-refractivity contribution in [3.05, 3.63) is 28.2 Å². The minimum Gasteiger partial charge on any atom is -0.483 e. The molecule has 2 N–H and O–H groups in total. The fraction of sp³-hybridized carbons (Fsp3) is 0.400. The van der Waals surface area contributed by atoms with Crippen molar-refractivity contribution in [2.45, 2.75) is 27.2 Å². The zero-order valence-electron chi connectivity index (χ0n) is 12.9. The van der Waals surface area contributed by atoms with Crippen LogP contribution in [0.5, 0.6) is 5.75 Å². The zero-order chi connectivity index (χ0) is 16.5. The highest BCUT2D eigenvalue weighted by Gasteiger charge is 2.06. The van der Waals surface area contributed by atoms with Gasteiger partial charge in [0.05, 0.1) is 10.9 Å². The van der Waals surface area contributed by atoms with E-state index in [-0.39, 0.29) is 24.8 Å². The van der Waals surface area contributed by atoms with Gasteiger partial charge in [0, 0.05) is 12.3 Å². The maximum atomic E-state index is 11.7. The van der Waals surface area contributed by atoms with E-state index in [4.69, 9.17) is 4.74 Å². The van der Waals surface area contributed by atoms with Gasteiger partial charge in [0.15, 0.2) is 6.61 Å². The van der Waals surface area contributed by atoms with Gasteiger partial charge in [0.1, 0.15) is 5.75 Å². The molecule has 7 heteroatoms. The summed E-state index contributed by atoms with van der Waals surface area (Å²) in [5.74, 6) is 0.0735. The highest BCUT2D eigenvalue weighted by Crippen LogP contribution is 2.25. The molecule has 0 unspecified atom stereocenters. The minimum atomic E-state index is -0.386. The Morgan fingerprint density at radius 1 is 1.32 bits per heavy atom. The van der Waals surface area contributed by atoms with Crippen molar-refractivity contribution in [2.24, 2.45) is 5.10 Å². The molecular weight excluding hydrogens is 350 g/mol. The van der Waals surface area contributed by atoms with Gasteiger partial charge in [-0.1, -0.05) is 6.07 Å². The average Bonchev–Trinajstić information content (AvgIpc) is 2.44. The summed E-state index contributed by atoms with van der Waals surface area (Å²) >= 11 is 3.37. The van der Waals surface area contributed by atoms with Crippen molar-refractivity contribution in [1.82, 2.24) is 10.7 Å². The van der Waals surface area contributed by atoms with Crippen molar-refractivity contribution in [3.63, 3.8) is 0 Å². The maximum absolute atomic E-state index is 11.7. The van der Waals surface area contributed by atoms with E-state index in [0.717, 1.165) is 10.0 Å². The van der Waals surface area contributed by atoms with Gasteiger partial charge in [0.2, 0.25) is 5.91 Å². The van der Waals surface area contributed by atoms with Crippen molar-refractivity contribution in [3.8, 4) is 5.75 Å². The Hall–Kier alpha value is -1.89. The number of carbonyl (C=O) groups excluding carboxylic acids is 2. The number of nitrogens with zero attached hydrogens (tertiary/aromatic N) is 1. The Morgan fingerprint density at radius 3 is 2.68 bits per heavy atom. The summed E-state index contributed by atoms with van der Waals surface area (Å²) in [7, 11) is 0. The first-order chi connectivity index (χ1) is 10.4. The lowest BCUT2D eigenvalue weighted by atomic mass is 10.2. The predicted octanol–water partition coefficient (Wildman–Crippen LogP) is 2.15. The van der Waals surface area contributed by atoms with Crippen molar-refractivity contribution < 1.29 is 14.3 Å². The van der Waals surface area contributed by atoms with E-state index in [2.05, 4.69) is 31.8 Å². The molecular formula is C15H20BrN3O3. The monoisotopic (exact) mass is 369 g/mol. The quantitative estimate of drug-likeness (QED) is 0.570. The Morgan fingerprint density at radius 2 is 2.05 bits per heavy atom. The van der Waals surface area contributed by atoms with Crippen LogP contribution in [0.3, 0.4) is 0 Å². The lowest BCUT2D eigenvalue weighted by molar-refractivity contribution is -0.123. The third kappa shape index (κ3) is 6.71. The van der Waals surface area contributed by atoms with Crippen LogP contribution in [0.15, 0.2) is 27.8 Å². The third-order valence-electron chi connectivity index (χ3n) is 2.61. The van der Waals surface area contributed by atoms with Crippen LogP contribution in [0.2, 0.25) is 0 Å². The van der Waals surface area contributed by atoms with Crippen LogP contribution in [0, 0.1) is 6.92 Å². The molecule has 0 aliphatic rings. The molecule has 22 heavy (non-hydrogen) atoms. The molecule has 1 rings (SSSR count). The van der Waals surface area contributed by atoms with Gasteiger partial charge in [-0.15, -0.1) is 0 Å². The van der Waals surface area contributed by atoms with Crippen molar-refractivity contribution in [2.75, 3.05) is 13.2 Å². The van der Waals surface area contributed by atoms with Crippen LogP contribution < -0.4 is 15.5 Å². The smallest absolute Gasteiger partial charge is 0.277 e. The summed E-state index contributed by atoms with van der Waals surface area (Å²) in [6, 6.07) is 5.59. The van der Waals surface area contributed by atoms with E-state index in [9.17, 15) is 9.59 Å². The summed E-state index contributed by atoms with van der Waals surface area (Å²) in [6.07, 6.45) is 0.151. The molecule has 0 aliphatic heterocycles. The summed E-state index contributed by atoms with van der Waals surface area (Å²) in [6.45, 7) is 5.89. The normalized spacial score (nSPS) is 11.0. The highest BCUT2D eigenvalue weighted by molar-refractivity contribution is 9.10. The number of ether oxygens (including phenoxy) is 1. The van der Waals surface area contributed by atoms with E-state index in [1.54, 1.807) is 13.0 Å². The van der Waals surface area contributed by atoms with Crippen LogP contribution in [0.4, 0.5) is 0 Å².